The molecule has 39 heavy (non-hydrogen) atoms. The van der Waals surface area contributed by atoms with Crippen LogP contribution in [0.2, 0.25) is 5.02 Å². The normalized spacial score (nSPS) is 20.6. The summed E-state index contributed by atoms with van der Waals surface area (Å²) in [7, 11) is 3.10. The van der Waals surface area contributed by atoms with Crippen LogP contribution in [-0.2, 0) is 22.7 Å². The van der Waals surface area contributed by atoms with Crippen molar-refractivity contribution in [3.05, 3.63) is 71.3 Å². The highest BCUT2D eigenvalue weighted by atomic mass is 35.5. The largest absolute Gasteiger partial charge is 0.497 e. The number of hydrogen-bond acceptors (Lipinski definition) is 10. The van der Waals surface area contributed by atoms with E-state index in [0.717, 1.165) is 16.9 Å². The van der Waals surface area contributed by atoms with Crippen LogP contribution in [-0.4, -0.2) is 62.9 Å². The summed E-state index contributed by atoms with van der Waals surface area (Å²) in [5, 5.41) is 17.0. The van der Waals surface area contributed by atoms with Crippen molar-refractivity contribution >= 4 is 34.5 Å². The molecule has 5 N–H and O–H groups in total. The number of aliphatic hydroxyl groups is 1. The molecule has 0 aliphatic carbocycles. The van der Waals surface area contributed by atoms with Gasteiger partial charge in [-0.3, -0.25) is 9.36 Å². The number of anilines is 1. The molecule has 0 unspecified atom stereocenters. The molecule has 204 valence electrons. The van der Waals surface area contributed by atoms with Gasteiger partial charge in [-0.05, 0) is 35.9 Å². The van der Waals surface area contributed by atoms with Gasteiger partial charge in [-0.1, -0.05) is 23.7 Å². The number of methoxy groups -OCH3 is 1. The van der Waals surface area contributed by atoms with Gasteiger partial charge in [0, 0.05) is 24.2 Å². The molecule has 1 amide bonds. The van der Waals surface area contributed by atoms with Gasteiger partial charge in [-0.25, -0.2) is 15.0 Å². The second kappa shape index (κ2) is 11.4. The monoisotopic (exact) mass is 553 g/mol. The number of aromatic nitrogens is 4. The quantitative estimate of drug-likeness (QED) is 0.241. The molecular formula is C26H28ClN7O5. The number of imidazole rings is 1. The summed E-state index contributed by atoms with van der Waals surface area (Å²) < 4.78 is 18.6. The first-order chi connectivity index (χ1) is 18.9. The molecule has 12 nitrogen and oxygen atoms in total. The number of carbonyl (C=O) groups is 1. The Bertz CT molecular complexity index is 1470. The fourth-order valence-electron chi connectivity index (χ4n) is 4.36. The number of likely N-dealkylation sites (N-methyl/N-ethyl adjacent to an activating group) is 1. The van der Waals surface area contributed by atoms with Crippen LogP contribution < -0.4 is 25.8 Å². The highest BCUT2D eigenvalue weighted by Gasteiger charge is 2.46. The first-order valence-electron chi connectivity index (χ1n) is 12.2. The number of benzene rings is 2. The number of fused-ring (bicyclic) bond motifs is 1. The fraction of sp³-hybridized carbons (Fsp3) is 0.308. The van der Waals surface area contributed by atoms with Crippen molar-refractivity contribution in [2.45, 2.75) is 37.6 Å². The summed E-state index contributed by atoms with van der Waals surface area (Å²) >= 11 is 6.28. The molecular weight excluding hydrogens is 526 g/mol. The molecule has 0 saturated carbocycles. The molecule has 0 bridgehead atoms. The number of amides is 1. The Balaban J connectivity index is 1.33. The highest BCUT2D eigenvalue weighted by molar-refractivity contribution is 6.30. The molecule has 1 fully saturated rings. The van der Waals surface area contributed by atoms with Crippen molar-refractivity contribution in [3.63, 3.8) is 0 Å². The molecule has 0 radical (unpaired) electrons. The Morgan fingerprint density at radius 3 is 2.74 bits per heavy atom. The SMILES string of the molecule is CNC(=O)[C@H]1O[C@@H](n2cnc3c(NCc4cc(Cl)ccc4OCc4ccc(OC)cc4)ncnc32)[C@H](O)[C@@H]1N. The van der Waals surface area contributed by atoms with Crippen LogP contribution in [0.1, 0.15) is 17.4 Å². The van der Waals surface area contributed by atoms with E-state index in [4.69, 9.17) is 31.5 Å². The van der Waals surface area contributed by atoms with E-state index < -0.39 is 30.4 Å². The molecule has 1 saturated heterocycles. The van der Waals surface area contributed by atoms with E-state index in [2.05, 4.69) is 25.6 Å². The number of aliphatic hydroxyl groups excluding tert-OH is 1. The number of hydrogen-bond donors (Lipinski definition) is 4. The summed E-state index contributed by atoms with van der Waals surface area (Å²) in [5.41, 5.74) is 8.70. The maximum absolute atomic E-state index is 12.1. The van der Waals surface area contributed by atoms with Crippen molar-refractivity contribution in [1.29, 1.82) is 0 Å². The lowest BCUT2D eigenvalue weighted by Gasteiger charge is -2.17. The average Bonchev–Trinajstić information content (AvgIpc) is 3.52. The number of ether oxygens (including phenoxy) is 3. The first-order valence-corrected chi connectivity index (χ1v) is 12.5. The highest BCUT2D eigenvalue weighted by Crippen LogP contribution is 2.32. The molecule has 2 aromatic carbocycles. The van der Waals surface area contributed by atoms with E-state index >= 15 is 0 Å². The van der Waals surface area contributed by atoms with E-state index in [0.29, 0.717) is 40.9 Å². The maximum Gasteiger partial charge on any atom is 0.250 e. The predicted octanol–water partition coefficient (Wildman–Crippen LogP) is 2.01. The van der Waals surface area contributed by atoms with Crippen molar-refractivity contribution in [3.8, 4) is 11.5 Å². The van der Waals surface area contributed by atoms with Crippen LogP contribution in [0.3, 0.4) is 0 Å². The number of nitrogens with zero attached hydrogens (tertiary/aromatic N) is 4. The Labute approximate surface area is 229 Å². The number of carbonyl (C=O) groups excluding carboxylic acids is 1. The average molecular weight is 554 g/mol. The molecule has 4 aromatic rings. The van der Waals surface area contributed by atoms with E-state index in [1.54, 1.807) is 17.7 Å². The number of nitrogens with one attached hydrogen (secondary N) is 2. The second-order valence-electron chi connectivity index (χ2n) is 8.92. The van der Waals surface area contributed by atoms with Crippen LogP contribution >= 0.6 is 11.6 Å². The van der Waals surface area contributed by atoms with Crippen LogP contribution in [0.4, 0.5) is 5.82 Å². The minimum atomic E-state index is -1.15. The lowest BCUT2D eigenvalue weighted by Crippen LogP contribution is -2.46. The van der Waals surface area contributed by atoms with E-state index in [1.807, 2.05) is 36.4 Å². The standard InChI is InChI=1S/C26H28ClN7O5/c1-29-25(36)22-19(28)21(35)26(39-22)34-13-33-20-23(31-12-32-24(20)34)30-10-15-9-16(27)5-8-18(15)38-11-14-3-6-17(37-2)7-4-14/h3-9,12-13,19,21-22,26,35H,10-11,28H2,1-2H3,(H,29,36)(H,30,31,32)/t19-,21+,22-,26+/m0/s1. The zero-order valence-corrected chi connectivity index (χ0v) is 22.0. The van der Waals surface area contributed by atoms with E-state index in [9.17, 15) is 9.90 Å². The molecule has 4 atom stereocenters. The van der Waals surface area contributed by atoms with E-state index in [1.165, 1.54) is 19.7 Å². The van der Waals surface area contributed by atoms with Gasteiger partial charge < -0.3 is 35.7 Å². The van der Waals surface area contributed by atoms with Gasteiger partial charge in [-0.2, -0.15) is 0 Å². The minimum Gasteiger partial charge on any atom is -0.497 e. The fourth-order valence-corrected chi connectivity index (χ4v) is 4.55. The zero-order valence-electron chi connectivity index (χ0n) is 21.2. The zero-order chi connectivity index (χ0) is 27.5. The third-order valence-electron chi connectivity index (χ3n) is 6.48. The van der Waals surface area contributed by atoms with Gasteiger partial charge in [-0.15, -0.1) is 0 Å². The lowest BCUT2D eigenvalue weighted by atomic mass is 10.1. The predicted molar refractivity (Wildman–Crippen MR) is 143 cm³/mol. The van der Waals surface area contributed by atoms with Crippen LogP contribution in [0.15, 0.2) is 55.1 Å². The van der Waals surface area contributed by atoms with Gasteiger partial charge in [0.15, 0.2) is 29.3 Å². The summed E-state index contributed by atoms with van der Waals surface area (Å²) in [6, 6.07) is 12.1. The summed E-state index contributed by atoms with van der Waals surface area (Å²) in [5.74, 6) is 1.48. The molecule has 2 aromatic heterocycles. The third kappa shape index (κ3) is 5.45. The van der Waals surface area contributed by atoms with Crippen LogP contribution in [0, 0.1) is 0 Å². The van der Waals surface area contributed by atoms with Crippen LogP contribution in [0.5, 0.6) is 11.5 Å². The van der Waals surface area contributed by atoms with Gasteiger partial charge in [0.1, 0.15) is 30.5 Å². The number of rotatable bonds is 9. The van der Waals surface area contributed by atoms with Crippen molar-refractivity contribution < 1.29 is 24.1 Å². The first kappa shape index (κ1) is 26.6. The van der Waals surface area contributed by atoms with Gasteiger partial charge in [0.05, 0.1) is 19.5 Å². The van der Waals surface area contributed by atoms with Gasteiger partial charge >= 0.3 is 0 Å². The lowest BCUT2D eigenvalue weighted by molar-refractivity contribution is -0.134. The molecule has 1 aliphatic rings. The Morgan fingerprint density at radius 2 is 2.00 bits per heavy atom. The van der Waals surface area contributed by atoms with Gasteiger partial charge in [0.25, 0.3) is 5.91 Å². The molecule has 13 heteroatoms. The Kier molecular flexibility index (Phi) is 7.79. The second-order valence-corrected chi connectivity index (χ2v) is 9.35. The summed E-state index contributed by atoms with van der Waals surface area (Å²) in [4.78, 5) is 25.2. The summed E-state index contributed by atoms with van der Waals surface area (Å²) in [6.07, 6.45) is -0.251. The third-order valence-corrected chi connectivity index (χ3v) is 6.72. The van der Waals surface area contributed by atoms with Crippen molar-refractivity contribution in [2.24, 2.45) is 5.73 Å². The van der Waals surface area contributed by atoms with Crippen molar-refractivity contribution in [1.82, 2.24) is 24.8 Å². The van der Waals surface area contributed by atoms with Crippen molar-refractivity contribution in [2.75, 3.05) is 19.5 Å². The number of halogens is 1. The van der Waals surface area contributed by atoms with Gasteiger partial charge in [0.2, 0.25) is 0 Å². The maximum atomic E-state index is 12.1. The number of nitrogens with two attached hydrogens (primary N) is 1. The Morgan fingerprint density at radius 1 is 1.21 bits per heavy atom. The molecule has 5 rings (SSSR count). The molecule has 3 heterocycles. The Hall–Kier alpha value is -3.97. The molecule has 0 spiro atoms. The summed E-state index contributed by atoms with van der Waals surface area (Å²) in [6.45, 7) is 0.702. The van der Waals surface area contributed by atoms with E-state index in [-0.39, 0.29) is 0 Å². The smallest absolute Gasteiger partial charge is 0.250 e. The topological polar surface area (TPSA) is 159 Å². The minimum absolute atomic E-state index is 0.337. The van der Waals surface area contributed by atoms with Crippen LogP contribution in [0.25, 0.3) is 11.2 Å². The molecule has 1 aliphatic heterocycles.